The van der Waals surface area contributed by atoms with Crippen LogP contribution in [0.25, 0.3) is 5.57 Å². The highest BCUT2D eigenvalue weighted by Crippen LogP contribution is 2.22. The molecule has 2 rings (SSSR count). The lowest BCUT2D eigenvalue weighted by molar-refractivity contribution is 1.32. The monoisotopic (exact) mass is 311 g/mol. The maximum atomic E-state index is 6.05. The Kier molecular flexibility index (Phi) is 5.67. The van der Waals surface area contributed by atoms with Gasteiger partial charge in [0.2, 0.25) is 0 Å². The van der Waals surface area contributed by atoms with E-state index in [0.29, 0.717) is 0 Å². The van der Waals surface area contributed by atoms with E-state index in [9.17, 15) is 0 Å². The summed E-state index contributed by atoms with van der Waals surface area (Å²) in [5.41, 5.74) is 17.5. The van der Waals surface area contributed by atoms with Gasteiger partial charge >= 0.3 is 0 Å². The largest absolute Gasteiger partial charge is 0.402 e. The Balaban J connectivity index is 2.13. The molecular formula is C18H21N3S. The summed E-state index contributed by atoms with van der Waals surface area (Å²) < 4.78 is 4.60. The number of nitrogens with zero attached hydrogens (tertiary/aromatic N) is 1. The summed E-state index contributed by atoms with van der Waals surface area (Å²) >= 11 is 1.53. The minimum Gasteiger partial charge on any atom is -0.402 e. The molecule has 0 bridgehead atoms. The number of rotatable bonds is 5. The van der Waals surface area contributed by atoms with Crippen molar-refractivity contribution >= 4 is 28.9 Å². The number of nitrogen functional groups attached to an aromatic ring is 1. The van der Waals surface area contributed by atoms with Crippen molar-refractivity contribution in [2.24, 2.45) is 10.1 Å². The molecule has 0 saturated heterocycles. The molecule has 0 amide bonds. The van der Waals surface area contributed by atoms with Crippen LogP contribution in [0.3, 0.4) is 0 Å². The Morgan fingerprint density at radius 2 is 1.64 bits per heavy atom. The van der Waals surface area contributed by atoms with E-state index in [1.807, 2.05) is 56.3 Å². The maximum absolute atomic E-state index is 6.05. The van der Waals surface area contributed by atoms with Crippen molar-refractivity contribution in [2.75, 3.05) is 5.73 Å². The Bertz CT molecular complexity index is 669. The molecule has 0 atom stereocenters. The number of hydrogen-bond acceptors (Lipinski definition) is 4. The molecule has 0 radical (unpaired) electrons. The molecule has 0 fully saturated rings. The Morgan fingerprint density at radius 1 is 1.00 bits per heavy atom. The molecule has 2 aromatic rings. The number of benzene rings is 2. The van der Waals surface area contributed by atoms with Crippen LogP contribution in [0, 0.1) is 0 Å². The van der Waals surface area contributed by atoms with Crippen molar-refractivity contribution in [1.82, 2.24) is 0 Å². The molecule has 0 aliphatic carbocycles. The quantitative estimate of drug-likeness (QED) is 0.492. The summed E-state index contributed by atoms with van der Waals surface area (Å²) in [7, 11) is 0. The molecule has 0 spiro atoms. The minimum atomic E-state index is 0.741. The molecule has 0 aromatic heterocycles. The second-order valence-electron chi connectivity index (χ2n) is 5.12. The van der Waals surface area contributed by atoms with E-state index >= 15 is 0 Å². The van der Waals surface area contributed by atoms with Gasteiger partial charge in [-0.15, -0.1) is 0 Å². The molecular weight excluding hydrogens is 290 g/mol. The van der Waals surface area contributed by atoms with Crippen LogP contribution < -0.4 is 11.5 Å². The van der Waals surface area contributed by atoms with Crippen LogP contribution in [0.4, 0.5) is 5.69 Å². The van der Waals surface area contributed by atoms with Crippen LogP contribution in [0.15, 0.2) is 64.7 Å². The fourth-order valence-electron chi connectivity index (χ4n) is 2.20. The molecule has 2 aromatic carbocycles. The third-order valence-electron chi connectivity index (χ3n) is 3.23. The third-order valence-corrected chi connectivity index (χ3v) is 4.10. The van der Waals surface area contributed by atoms with Gasteiger partial charge in [-0.2, -0.15) is 0 Å². The van der Waals surface area contributed by atoms with E-state index in [4.69, 9.17) is 11.5 Å². The van der Waals surface area contributed by atoms with Gasteiger partial charge < -0.3 is 11.5 Å². The fourth-order valence-corrected chi connectivity index (χ4v) is 2.89. The average molecular weight is 311 g/mol. The van der Waals surface area contributed by atoms with Gasteiger partial charge in [-0.1, -0.05) is 42.5 Å². The van der Waals surface area contributed by atoms with E-state index in [-0.39, 0.29) is 0 Å². The maximum Gasteiger partial charge on any atom is 0.0551 e. The lowest BCUT2D eigenvalue weighted by Gasteiger charge is -2.10. The summed E-state index contributed by atoms with van der Waals surface area (Å²) in [6, 6.07) is 18.0. The van der Waals surface area contributed by atoms with Gasteiger partial charge in [0.25, 0.3) is 0 Å². The molecule has 0 unspecified atom stereocenters. The lowest BCUT2D eigenvalue weighted by Crippen LogP contribution is -2.05. The van der Waals surface area contributed by atoms with Gasteiger partial charge in [0.05, 0.1) is 5.71 Å². The van der Waals surface area contributed by atoms with Crippen LogP contribution in [0.2, 0.25) is 0 Å². The number of anilines is 1. The third kappa shape index (κ3) is 4.40. The minimum absolute atomic E-state index is 0.741. The Hall–Kier alpha value is -2.20. The van der Waals surface area contributed by atoms with Crippen LogP contribution >= 0.6 is 11.9 Å². The second-order valence-corrected chi connectivity index (χ2v) is 5.85. The molecule has 0 aliphatic rings. The van der Waals surface area contributed by atoms with Gasteiger partial charge in [-0.3, -0.25) is 0 Å². The zero-order valence-electron chi connectivity index (χ0n) is 12.9. The highest BCUT2D eigenvalue weighted by molar-refractivity contribution is 7.97. The summed E-state index contributed by atoms with van der Waals surface area (Å²) in [5, 5.41) is 0. The first-order chi connectivity index (χ1) is 10.6. The van der Waals surface area contributed by atoms with E-state index in [0.717, 1.165) is 34.0 Å². The summed E-state index contributed by atoms with van der Waals surface area (Å²) in [6.45, 7) is 3.88. The number of nitrogens with two attached hydrogens (primary N) is 2. The molecule has 3 nitrogen and oxygen atoms in total. The molecule has 114 valence electrons. The average Bonchev–Trinajstić information content (AvgIpc) is 2.50. The van der Waals surface area contributed by atoms with Crippen LogP contribution in [-0.2, 0) is 5.75 Å². The highest BCUT2D eigenvalue weighted by atomic mass is 32.2. The van der Waals surface area contributed by atoms with Crippen LogP contribution in [0.5, 0.6) is 0 Å². The molecule has 4 N–H and O–H groups in total. The van der Waals surface area contributed by atoms with Crippen molar-refractivity contribution in [3.05, 3.63) is 71.4 Å². The summed E-state index contributed by atoms with van der Waals surface area (Å²) in [6.07, 6.45) is 0. The van der Waals surface area contributed by atoms with Gasteiger partial charge in [0.1, 0.15) is 0 Å². The van der Waals surface area contributed by atoms with Crippen molar-refractivity contribution in [2.45, 2.75) is 19.6 Å². The van der Waals surface area contributed by atoms with Crippen LogP contribution in [0.1, 0.15) is 25.0 Å². The summed E-state index contributed by atoms with van der Waals surface area (Å²) in [4.78, 5) is 0. The first kappa shape index (κ1) is 16.2. The van der Waals surface area contributed by atoms with E-state index in [1.54, 1.807) is 0 Å². The standard InChI is InChI=1S/C18H21N3S/c1-13(19)18(16-8-10-17(20)11-9-16)14(2)21-22-12-15-6-4-3-5-7-15/h3-11H,12,19-20H2,1-2H3. The smallest absolute Gasteiger partial charge is 0.0551 e. The molecule has 0 saturated carbocycles. The van der Waals surface area contributed by atoms with Crippen molar-refractivity contribution < 1.29 is 0 Å². The van der Waals surface area contributed by atoms with Gasteiger partial charge in [-0.05, 0) is 49.1 Å². The normalized spacial score (nSPS) is 12.9. The number of hydrogen-bond donors (Lipinski definition) is 2. The van der Waals surface area contributed by atoms with Gasteiger partial charge in [0.15, 0.2) is 0 Å². The lowest BCUT2D eigenvalue weighted by atomic mass is 10.00. The first-order valence-corrected chi connectivity index (χ1v) is 8.05. The molecule has 0 heterocycles. The zero-order chi connectivity index (χ0) is 15.9. The second kappa shape index (κ2) is 7.71. The Labute approximate surface area is 136 Å². The van der Waals surface area contributed by atoms with Crippen molar-refractivity contribution in [1.29, 1.82) is 0 Å². The van der Waals surface area contributed by atoms with E-state index in [1.165, 1.54) is 17.5 Å². The predicted molar refractivity (Wildman–Crippen MR) is 98.5 cm³/mol. The first-order valence-electron chi connectivity index (χ1n) is 7.11. The molecule has 4 heteroatoms. The zero-order valence-corrected chi connectivity index (χ0v) is 13.7. The van der Waals surface area contributed by atoms with Crippen molar-refractivity contribution in [3.63, 3.8) is 0 Å². The topological polar surface area (TPSA) is 64.4 Å². The van der Waals surface area contributed by atoms with E-state index in [2.05, 4.69) is 16.5 Å². The van der Waals surface area contributed by atoms with Crippen LogP contribution in [-0.4, -0.2) is 5.71 Å². The highest BCUT2D eigenvalue weighted by Gasteiger charge is 2.08. The molecule has 22 heavy (non-hydrogen) atoms. The Morgan fingerprint density at radius 3 is 2.23 bits per heavy atom. The van der Waals surface area contributed by atoms with Gasteiger partial charge in [0, 0.05) is 22.7 Å². The summed E-state index contributed by atoms with van der Waals surface area (Å²) in [5.74, 6) is 0.844. The van der Waals surface area contributed by atoms with Crippen molar-refractivity contribution in [3.8, 4) is 0 Å². The molecule has 0 aliphatic heterocycles. The fraction of sp³-hybridized carbons (Fsp3) is 0.167. The predicted octanol–water partition coefficient (Wildman–Crippen LogP) is 4.27. The van der Waals surface area contributed by atoms with E-state index < -0.39 is 0 Å². The number of allylic oxidation sites excluding steroid dienone is 2. The van der Waals surface area contributed by atoms with Gasteiger partial charge in [-0.25, -0.2) is 4.40 Å². The SMILES string of the molecule is CC(=NSCc1ccccc1)C(=C(C)N)c1ccc(N)cc1.